The molecule has 1 amide bonds. The van der Waals surface area contributed by atoms with Gasteiger partial charge in [-0.1, -0.05) is 54.1 Å². The van der Waals surface area contributed by atoms with E-state index in [4.69, 9.17) is 4.74 Å². The number of hydrogen-bond acceptors (Lipinski definition) is 5. The highest BCUT2D eigenvalue weighted by molar-refractivity contribution is 6.46. The summed E-state index contributed by atoms with van der Waals surface area (Å²) in [4.78, 5) is 31.4. The van der Waals surface area contributed by atoms with Crippen LogP contribution in [0.25, 0.3) is 16.7 Å². The maximum atomic E-state index is 13.3. The summed E-state index contributed by atoms with van der Waals surface area (Å²) in [6.07, 6.45) is 2.42. The first kappa shape index (κ1) is 24.2. The second kappa shape index (κ2) is 9.85. The smallest absolute Gasteiger partial charge is 0.295 e. The van der Waals surface area contributed by atoms with Gasteiger partial charge >= 0.3 is 0 Å². The van der Waals surface area contributed by atoms with Crippen LogP contribution in [0.4, 0.5) is 0 Å². The molecule has 37 heavy (non-hydrogen) atoms. The Morgan fingerprint density at radius 2 is 1.81 bits per heavy atom. The van der Waals surface area contributed by atoms with Crippen molar-refractivity contribution in [2.24, 2.45) is 0 Å². The number of aliphatic hydroxyl groups is 1. The number of nitrogens with zero attached hydrogens (tertiary/aromatic N) is 1. The highest BCUT2D eigenvalue weighted by atomic mass is 16.5. The third-order valence-corrected chi connectivity index (χ3v) is 6.76. The number of Topliss-reactive ketones (excluding diaryl/α,β-unsaturated/α-hetero) is 1. The number of ether oxygens (including phenoxy) is 1. The predicted octanol–water partition coefficient (Wildman–Crippen LogP) is 5.25. The van der Waals surface area contributed by atoms with E-state index in [1.807, 2.05) is 49.5 Å². The van der Waals surface area contributed by atoms with Crippen molar-refractivity contribution in [3.05, 3.63) is 101 Å². The fraction of sp³-hybridized carbons (Fsp3) is 0.200. The average molecular weight is 497 g/mol. The number of likely N-dealkylation sites (tertiary alicyclic amines) is 1. The first-order chi connectivity index (χ1) is 17.9. The van der Waals surface area contributed by atoms with Crippen molar-refractivity contribution in [2.45, 2.75) is 26.3 Å². The topological polar surface area (TPSA) is 103 Å². The summed E-state index contributed by atoms with van der Waals surface area (Å²) in [5.41, 5.74) is 4.06. The molecule has 2 heterocycles. The summed E-state index contributed by atoms with van der Waals surface area (Å²) >= 11 is 0. The van der Waals surface area contributed by atoms with Gasteiger partial charge in [0, 0.05) is 29.2 Å². The number of aryl methyl sites for hydroxylation is 1. The van der Waals surface area contributed by atoms with Gasteiger partial charge in [-0.05, 0) is 49.6 Å². The summed E-state index contributed by atoms with van der Waals surface area (Å²) < 4.78 is 5.57. The molecule has 0 saturated carbocycles. The van der Waals surface area contributed by atoms with Gasteiger partial charge < -0.3 is 24.8 Å². The molecule has 0 bridgehead atoms. The summed E-state index contributed by atoms with van der Waals surface area (Å²) in [6.45, 7) is 4.32. The third-order valence-electron chi connectivity index (χ3n) is 6.76. The fourth-order valence-corrected chi connectivity index (χ4v) is 4.88. The Hall–Kier alpha value is -4.52. The molecule has 3 N–H and O–H groups in total. The molecule has 7 heteroatoms. The van der Waals surface area contributed by atoms with Crippen molar-refractivity contribution in [2.75, 3.05) is 13.2 Å². The minimum Gasteiger partial charge on any atom is -0.507 e. The molecule has 5 rings (SSSR count). The molecule has 1 aliphatic heterocycles. The van der Waals surface area contributed by atoms with Crippen molar-refractivity contribution < 1.29 is 24.5 Å². The number of nitrogens with one attached hydrogen (secondary N) is 1. The van der Waals surface area contributed by atoms with E-state index in [-0.39, 0.29) is 29.4 Å². The molecule has 1 atom stereocenters. The molecule has 1 aliphatic rings. The number of benzene rings is 3. The minimum absolute atomic E-state index is 0.0147. The highest BCUT2D eigenvalue weighted by Gasteiger charge is 2.46. The molecular formula is C30H28N2O5. The zero-order valence-corrected chi connectivity index (χ0v) is 20.7. The average Bonchev–Trinajstić information content (AvgIpc) is 3.42. The normalized spacial score (nSPS) is 17.0. The van der Waals surface area contributed by atoms with E-state index < -0.39 is 17.7 Å². The number of phenolic OH excluding ortho intramolecular Hbond substituents is 1. The van der Waals surface area contributed by atoms with Crippen LogP contribution in [-0.4, -0.2) is 44.9 Å². The summed E-state index contributed by atoms with van der Waals surface area (Å²) in [6, 6.07) is 18.9. The lowest BCUT2D eigenvalue weighted by atomic mass is 9.94. The standard InChI is InChI=1S/C30H28N2O5/c1-3-37-25-16-20(12-13-24(25)33)27-26(28(34)19-10-8-18(2)9-11-19)29(35)30(36)32(27)15-14-21-17-31-23-7-5-4-6-22(21)23/h4-13,16-17,27,31,33-34H,3,14-15H2,1-2H3/b28-26+. The van der Waals surface area contributed by atoms with Crippen molar-refractivity contribution in [1.29, 1.82) is 0 Å². The van der Waals surface area contributed by atoms with Gasteiger partial charge in [-0.15, -0.1) is 0 Å². The highest BCUT2D eigenvalue weighted by Crippen LogP contribution is 2.42. The second-order valence-corrected chi connectivity index (χ2v) is 9.13. The van der Waals surface area contributed by atoms with Gasteiger partial charge in [0.05, 0.1) is 18.2 Å². The van der Waals surface area contributed by atoms with Crippen molar-refractivity contribution in [3.63, 3.8) is 0 Å². The van der Waals surface area contributed by atoms with Gasteiger partial charge in [0.1, 0.15) is 5.76 Å². The van der Waals surface area contributed by atoms with Crippen LogP contribution in [0.3, 0.4) is 0 Å². The number of carbonyl (C=O) groups excluding carboxylic acids is 2. The maximum absolute atomic E-state index is 13.3. The van der Waals surface area contributed by atoms with Gasteiger partial charge in [0.25, 0.3) is 11.7 Å². The summed E-state index contributed by atoms with van der Waals surface area (Å²) in [7, 11) is 0. The zero-order chi connectivity index (χ0) is 26.1. The maximum Gasteiger partial charge on any atom is 0.295 e. The van der Waals surface area contributed by atoms with E-state index in [0.717, 1.165) is 22.0 Å². The lowest BCUT2D eigenvalue weighted by molar-refractivity contribution is -0.139. The monoisotopic (exact) mass is 496 g/mol. The van der Waals surface area contributed by atoms with E-state index in [0.29, 0.717) is 24.2 Å². The largest absolute Gasteiger partial charge is 0.507 e. The van der Waals surface area contributed by atoms with Crippen molar-refractivity contribution >= 4 is 28.4 Å². The molecule has 1 aromatic heterocycles. The fourth-order valence-electron chi connectivity index (χ4n) is 4.88. The molecule has 0 spiro atoms. The number of aliphatic hydroxyl groups excluding tert-OH is 1. The number of fused-ring (bicyclic) bond motifs is 1. The molecule has 1 unspecified atom stereocenters. The Kier molecular flexibility index (Phi) is 6.44. The molecule has 0 radical (unpaired) electrons. The molecule has 3 aromatic carbocycles. The number of amides is 1. The minimum atomic E-state index is -0.841. The van der Waals surface area contributed by atoms with Crippen LogP contribution in [0, 0.1) is 6.92 Å². The van der Waals surface area contributed by atoms with Crippen molar-refractivity contribution in [1.82, 2.24) is 9.88 Å². The first-order valence-electron chi connectivity index (χ1n) is 12.2. The van der Waals surface area contributed by atoms with Gasteiger partial charge in [0.15, 0.2) is 11.5 Å². The number of rotatable bonds is 7. The number of para-hydroxylation sites is 1. The zero-order valence-electron chi connectivity index (χ0n) is 20.7. The van der Waals surface area contributed by atoms with Crippen LogP contribution >= 0.6 is 0 Å². The van der Waals surface area contributed by atoms with Crippen LogP contribution in [-0.2, 0) is 16.0 Å². The number of carbonyl (C=O) groups is 2. The third kappa shape index (κ3) is 4.44. The number of hydrogen-bond donors (Lipinski definition) is 3. The lowest BCUT2D eigenvalue weighted by Gasteiger charge is -2.26. The number of aromatic amines is 1. The van der Waals surface area contributed by atoms with Gasteiger partial charge in [-0.3, -0.25) is 9.59 Å². The number of ketones is 1. The van der Waals surface area contributed by atoms with E-state index in [2.05, 4.69) is 4.98 Å². The lowest BCUT2D eigenvalue weighted by Crippen LogP contribution is -2.31. The van der Waals surface area contributed by atoms with E-state index >= 15 is 0 Å². The van der Waals surface area contributed by atoms with Crippen LogP contribution in [0.2, 0.25) is 0 Å². The van der Waals surface area contributed by atoms with Gasteiger partial charge in [-0.25, -0.2) is 0 Å². The number of aromatic nitrogens is 1. The number of aromatic hydroxyl groups is 1. The van der Waals surface area contributed by atoms with Gasteiger partial charge in [-0.2, -0.15) is 0 Å². The summed E-state index contributed by atoms with van der Waals surface area (Å²) in [5, 5.41) is 22.6. The van der Waals surface area contributed by atoms with E-state index in [1.165, 1.54) is 11.0 Å². The Bertz CT molecular complexity index is 1520. The predicted molar refractivity (Wildman–Crippen MR) is 141 cm³/mol. The SMILES string of the molecule is CCOc1cc(C2/C(=C(\O)c3ccc(C)cc3)C(=O)C(=O)N2CCc2c[nH]c3ccccc23)ccc1O. The number of phenols is 1. The second-order valence-electron chi connectivity index (χ2n) is 9.13. The van der Waals surface area contributed by atoms with Crippen LogP contribution in [0.5, 0.6) is 11.5 Å². The molecular weight excluding hydrogens is 468 g/mol. The Morgan fingerprint density at radius 1 is 1.05 bits per heavy atom. The Balaban J connectivity index is 1.59. The van der Waals surface area contributed by atoms with E-state index in [1.54, 1.807) is 31.2 Å². The molecule has 1 saturated heterocycles. The molecule has 1 fully saturated rings. The van der Waals surface area contributed by atoms with E-state index in [9.17, 15) is 19.8 Å². The Labute approximate surface area is 214 Å². The molecule has 188 valence electrons. The quantitative estimate of drug-likeness (QED) is 0.184. The van der Waals surface area contributed by atoms with Crippen LogP contribution < -0.4 is 4.74 Å². The van der Waals surface area contributed by atoms with Crippen LogP contribution in [0.1, 0.15) is 35.2 Å². The van der Waals surface area contributed by atoms with Gasteiger partial charge in [0.2, 0.25) is 0 Å². The first-order valence-corrected chi connectivity index (χ1v) is 12.2. The summed E-state index contributed by atoms with van der Waals surface area (Å²) in [5.74, 6) is -1.45. The van der Waals surface area contributed by atoms with Crippen molar-refractivity contribution in [3.8, 4) is 11.5 Å². The molecule has 4 aromatic rings. The molecule has 0 aliphatic carbocycles. The number of H-pyrrole nitrogens is 1. The van der Waals surface area contributed by atoms with Crippen LogP contribution in [0.15, 0.2) is 78.5 Å². The Morgan fingerprint density at radius 3 is 2.57 bits per heavy atom. The molecule has 7 nitrogen and oxygen atoms in total.